The zero-order valence-electron chi connectivity index (χ0n) is 10.8. The molecular weight excluding hydrogens is 300 g/mol. The second-order valence-corrected chi connectivity index (χ2v) is 5.34. The Kier molecular flexibility index (Phi) is 3.98. The number of nitrogens with one attached hydrogen (secondary N) is 1. The van der Waals surface area contributed by atoms with E-state index >= 15 is 0 Å². The molecule has 2 aromatic rings. The van der Waals surface area contributed by atoms with E-state index in [1.807, 2.05) is 0 Å². The molecule has 10 heteroatoms. The van der Waals surface area contributed by atoms with Gasteiger partial charge in [-0.2, -0.15) is 4.68 Å². The van der Waals surface area contributed by atoms with E-state index in [9.17, 15) is 19.7 Å². The summed E-state index contributed by atoms with van der Waals surface area (Å²) in [5.41, 5.74) is 0.0114. The predicted octanol–water partition coefficient (Wildman–Crippen LogP) is 1.50. The number of carbonyl (C=O) groups excluding carboxylic acids is 1. The summed E-state index contributed by atoms with van der Waals surface area (Å²) in [6.07, 6.45) is 1.30. The molecule has 0 radical (unpaired) electrons. The van der Waals surface area contributed by atoms with Crippen molar-refractivity contribution in [3.8, 4) is 0 Å². The Balaban J connectivity index is 2.08. The second kappa shape index (κ2) is 5.71. The molecule has 2 N–H and O–H groups in total. The first kappa shape index (κ1) is 14.7. The van der Waals surface area contributed by atoms with Crippen LogP contribution in [0.2, 0.25) is 0 Å². The predicted molar refractivity (Wildman–Crippen MR) is 73.5 cm³/mol. The van der Waals surface area contributed by atoms with Crippen LogP contribution in [0.4, 0.5) is 10.8 Å². The van der Waals surface area contributed by atoms with Gasteiger partial charge >= 0.3 is 11.8 Å². The van der Waals surface area contributed by atoms with Crippen molar-refractivity contribution in [3.05, 3.63) is 38.9 Å². The number of thiophene rings is 1. The van der Waals surface area contributed by atoms with Gasteiger partial charge in [0.1, 0.15) is 11.5 Å². The molecule has 0 aliphatic carbocycles. The number of aryl methyl sites for hydroxylation is 1. The average Bonchev–Trinajstić information content (AvgIpc) is 2.96. The van der Waals surface area contributed by atoms with Gasteiger partial charge in [-0.15, -0.1) is 11.3 Å². The normalized spacial score (nSPS) is 10.3. The van der Waals surface area contributed by atoms with Crippen LogP contribution in [0.3, 0.4) is 0 Å². The topological polar surface area (TPSA) is 127 Å². The summed E-state index contributed by atoms with van der Waals surface area (Å²) in [7, 11) is 0. The van der Waals surface area contributed by atoms with E-state index < -0.39 is 16.8 Å². The van der Waals surface area contributed by atoms with Crippen molar-refractivity contribution in [2.75, 3.05) is 5.32 Å². The minimum absolute atomic E-state index is 0.0114. The van der Waals surface area contributed by atoms with E-state index in [2.05, 4.69) is 10.4 Å². The van der Waals surface area contributed by atoms with Gasteiger partial charge in [-0.25, -0.2) is 4.79 Å². The lowest BCUT2D eigenvalue weighted by atomic mass is 10.3. The minimum Gasteiger partial charge on any atom is -0.478 e. The SMILES string of the molecule is Cc1cc(C(=O)O)c(NC(=O)Cn2ccc([N+](=O)[O-])n2)s1. The minimum atomic E-state index is -1.13. The van der Waals surface area contributed by atoms with Crippen LogP contribution in [0.1, 0.15) is 15.2 Å². The van der Waals surface area contributed by atoms with Crippen molar-refractivity contribution in [1.29, 1.82) is 0 Å². The number of aromatic nitrogens is 2. The first-order valence-electron chi connectivity index (χ1n) is 5.68. The zero-order valence-corrected chi connectivity index (χ0v) is 11.6. The smallest absolute Gasteiger partial charge is 0.389 e. The Labute approximate surface area is 122 Å². The van der Waals surface area contributed by atoms with Gasteiger partial charge in [0, 0.05) is 4.88 Å². The lowest BCUT2D eigenvalue weighted by Gasteiger charge is -2.02. The van der Waals surface area contributed by atoms with Crippen molar-refractivity contribution in [3.63, 3.8) is 0 Å². The molecule has 0 aliphatic rings. The monoisotopic (exact) mass is 310 g/mol. The third-order valence-electron chi connectivity index (χ3n) is 2.46. The number of amides is 1. The summed E-state index contributed by atoms with van der Waals surface area (Å²) >= 11 is 1.14. The number of nitrogens with zero attached hydrogens (tertiary/aromatic N) is 3. The molecule has 0 saturated heterocycles. The number of nitro groups is 1. The van der Waals surface area contributed by atoms with Crippen molar-refractivity contribution in [2.45, 2.75) is 13.5 Å². The molecule has 2 rings (SSSR count). The van der Waals surface area contributed by atoms with Crippen molar-refractivity contribution < 1.29 is 19.6 Å². The zero-order chi connectivity index (χ0) is 15.6. The van der Waals surface area contributed by atoms with Crippen molar-refractivity contribution in [2.24, 2.45) is 0 Å². The molecule has 1 amide bonds. The summed E-state index contributed by atoms with van der Waals surface area (Å²) in [6.45, 7) is 1.48. The molecule has 9 nitrogen and oxygen atoms in total. The summed E-state index contributed by atoms with van der Waals surface area (Å²) < 4.78 is 1.11. The maximum absolute atomic E-state index is 11.8. The molecule has 0 atom stereocenters. The molecule has 0 aromatic carbocycles. The molecule has 0 unspecified atom stereocenters. The number of carboxylic acid groups (broad SMARTS) is 1. The van der Waals surface area contributed by atoms with Crippen LogP contribution in [0.5, 0.6) is 0 Å². The van der Waals surface area contributed by atoms with Gasteiger partial charge in [-0.3, -0.25) is 4.79 Å². The summed E-state index contributed by atoms with van der Waals surface area (Å²) in [6, 6.07) is 2.63. The number of anilines is 1. The second-order valence-electron chi connectivity index (χ2n) is 4.08. The van der Waals surface area contributed by atoms with Gasteiger partial charge in [0.05, 0.1) is 22.9 Å². The van der Waals surface area contributed by atoms with Gasteiger partial charge in [-0.05, 0) is 17.9 Å². The molecule has 0 fully saturated rings. The highest BCUT2D eigenvalue weighted by molar-refractivity contribution is 7.16. The number of hydrogen-bond acceptors (Lipinski definition) is 6. The lowest BCUT2D eigenvalue weighted by molar-refractivity contribution is -0.389. The fraction of sp³-hybridized carbons (Fsp3) is 0.182. The molecule has 0 spiro atoms. The van der Waals surface area contributed by atoms with Crippen molar-refractivity contribution >= 4 is 34.0 Å². The molecule has 21 heavy (non-hydrogen) atoms. The van der Waals surface area contributed by atoms with Crippen LogP contribution in [-0.2, 0) is 11.3 Å². The Hall–Kier alpha value is -2.75. The summed E-state index contributed by atoms with van der Waals surface area (Å²) in [4.78, 5) is 33.4. The fourth-order valence-electron chi connectivity index (χ4n) is 1.62. The highest BCUT2D eigenvalue weighted by Gasteiger charge is 2.18. The highest BCUT2D eigenvalue weighted by atomic mass is 32.1. The molecule has 0 saturated carbocycles. The molecule has 2 heterocycles. The third-order valence-corrected chi connectivity index (χ3v) is 3.42. The van der Waals surface area contributed by atoms with Gasteiger partial charge in [0.15, 0.2) is 0 Å². The number of aromatic carboxylic acids is 1. The van der Waals surface area contributed by atoms with Crippen LogP contribution in [-0.4, -0.2) is 31.7 Å². The first-order chi connectivity index (χ1) is 9.86. The van der Waals surface area contributed by atoms with Gasteiger partial charge in [0.25, 0.3) is 0 Å². The van der Waals surface area contributed by atoms with E-state index in [0.717, 1.165) is 20.9 Å². The summed E-state index contributed by atoms with van der Waals surface area (Å²) in [5.74, 6) is -2.01. The largest absolute Gasteiger partial charge is 0.478 e. The van der Waals surface area contributed by atoms with Crippen LogP contribution < -0.4 is 5.32 Å². The standard InChI is InChI=1S/C11H10N4O5S/c1-6-4-7(11(17)18)10(21-6)12-9(16)5-14-3-2-8(13-14)15(19)20/h2-4H,5H2,1H3,(H,12,16)(H,17,18). The van der Waals surface area contributed by atoms with Crippen LogP contribution in [0.25, 0.3) is 0 Å². The molecule has 2 aromatic heterocycles. The van der Waals surface area contributed by atoms with E-state index in [-0.39, 0.29) is 22.9 Å². The van der Waals surface area contributed by atoms with E-state index in [4.69, 9.17) is 5.11 Å². The van der Waals surface area contributed by atoms with Gasteiger partial charge in [-0.1, -0.05) is 0 Å². The molecule has 110 valence electrons. The first-order valence-corrected chi connectivity index (χ1v) is 6.50. The third kappa shape index (κ3) is 3.42. The number of hydrogen-bond donors (Lipinski definition) is 2. The van der Waals surface area contributed by atoms with E-state index in [0.29, 0.717) is 0 Å². The Morgan fingerprint density at radius 2 is 2.29 bits per heavy atom. The molecule has 0 bridgehead atoms. The van der Waals surface area contributed by atoms with Gasteiger partial charge in [0.2, 0.25) is 5.91 Å². The van der Waals surface area contributed by atoms with E-state index in [1.165, 1.54) is 18.3 Å². The maximum atomic E-state index is 11.8. The quantitative estimate of drug-likeness (QED) is 0.636. The number of carbonyl (C=O) groups is 2. The number of rotatable bonds is 5. The number of carboxylic acids is 1. The van der Waals surface area contributed by atoms with Crippen molar-refractivity contribution in [1.82, 2.24) is 9.78 Å². The van der Waals surface area contributed by atoms with Crippen LogP contribution in [0, 0.1) is 17.0 Å². The maximum Gasteiger partial charge on any atom is 0.389 e. The fourth-order valence-corrected chi connectivity index (χ4v) is 2.54. The van der Waals surface area contributed by atoms with Crippen LogP contribution in [0.15, 0.2) is 18.3 Å². The Morgan fingerprint density at radius 3 is 2.86 bits per heavy atom. The molecular formula is C11H10N4O5S. The highest BCUT2D eigenvalue weighted by Crippen LogP contribution is 2.27. The summed E-state index contributed by atoms with van der Waals surface area (Å²) in [5, 5.41) is 25.8. The van der Waals surface area contributed by atoms with E-state index in [1.54, 1.807) is 6.92 Å². The van der Waals surface area contributed by atoms with Crippen LogP contribution >= 0.6 is 11.3 Å². The van der Waals surface area contributed by atoms with Gasteiger partial charge < -0.3 is 20.5 Å². The average molecular weight is 310 g/mol. The Morgan fingerprint density at radius 1 is 1.57 bits per heavy atom. The Bertz CT molecular complexity index is 720. The molecule has 0 aliphatic heterocycles. The lowest BCUT2D eigenvalue weighted by Crippen LogP contribution is -2.19.